The van der Waals surface area contributed by atoms with Crippen LogP contribution in [-0.4, -0.2) is 29.6 Å². The van der Waals surface area contributed by atoms with E-state index in [-0.39, 0.29) is 6.61 Å². The molecule has 1 aliphatic rings. The topological polar surface area (TPSA) is 92.7 Å². The molecule has 6 nitrogen and oxygen atoms in total. The summed E-state index contributed by atoms with van der Waals surface area (Å²) < 4.78 is 5.24. The summed E-state index contributed by atoms with van der Waals surface area (Å²) in [5, 5.41) is 12.7. The van der Waals surface area contributed by atoms with Crippen molar-refractivity contribution < 1.29 is 24.2 Å². The molecule has 0 saturated carbocycles. The number of anilines is 1. The van der Waals surface area contributed by atoms with Crippen LogP contribution >= 0.6 is 11.3 Å². The van der Waals surface area contributed by atoms with Gasteiger partial charge in [-0.2, -0.15) is 0 Å². The molecule has 3 rings (SSSR count). The molecule has 2 N–H and O–H groups in total. The monoisotopic (exact) mass is 413 g/mol. The number of allylic oxidation sites excluding steroid dienone is 2. The smallest absolute Gasteiger partial charge is 0.341 e. The molecule has 0 fully saturated rings. The van der Waals surface area contributed by atoms with Gasteiger partial charge >= 0.3 is 11.9 Å². The first-order chi connectivity index (χ1) is 13.9. The number of nitrogens with one attached hydrogen (secondary N) is 1. The summed E-state index contributed by atoms with van der Waals surface area (Å²) in [4.78, 5) is 38.1. The summed E-state index contributed by atoms with van der Waals surface area (Å²) in [6.45, 7) is 3.82. The van der Waals surface area contributed by atoms with Crippen LogP contribution in [0.25, 0.3) is 11.1 Å². The largest absolute Gasteiger partial charge is 0.481 e. The molecule has 7 heteroatoms. The van der Waals surface area contributed by atoms with Crippen molar-refractivity contribution in [3.05, 3.63) is 52.9 Å². The van der Waals surface area contributed by atoms with Crippen molar-refractivity contribution in [2.45, 2.75) is 26.7 Å². The predicted octanol–water partition coefficient (Wildman–Crippen LogP) is 4.51. The van der Waals surface area contributed by atoms with Crippen molar-refractivity contribution in [1.29, 1.82) is 0 Å². The lowest BCUT2D eigenvalue weighted by Gasteiger charge is -2.24. The minimum Gasteiger partial charge on any atom is -0.481 e. The number of benzene rings is 1. The third-order valence-corrected chi connectivity index (χ3v) is 5.97. The average Bonchev–Trinajstić information content (AvgIpc) is 3.04. The average molecular weight is 413 g/mol. The zero-order chi connectivity index (χ0) is 21.0. The van der Waals surface area contributed by atoms with E-state index in [2.05, 4.69) is 5.32 Å². The Morgan fingerprint density at radius 3 is 2.41 bits per heavy atom. The van der Waals surface area contributed by atoms with Gasteiger partial charge in [0.15, 0.2) is 0 Å². The predicted molar refractivity (Wildman–Crippen MR) is 112 cm³/mol. The van der Waals surface area contributed by atoms with E-state index in [1.165, 1.54) is 11.3 Å². The summed E-state index contributed by atoms with van der Waals surface area (Å²) in [6.07, 6.45) is 4.28. The molecule has 1 amide bonds. The number of aliphatic carboxylic acids is 1. The number of carbonyl (C=O) groups is 3. The molecule has 0 spiro atoms. The molecule has 1 aromatic carbocycles. The van der Waals surface area contributed by atoms with Gasteiger partial charge in [0.25, 0.3) is 0 Å². The van der Waals surface area contributed by atoms with Crippen LogP contribution in [0.2, 0.25) is 0 Å². The third kappa shape index (κ3) is 4.40. The van der Waals surface area contributed by atoms with Crippen LogP contribution in [0.4, 0.5) is 5.00 Å². The van der Waals surface area contributed by atoms with Gasteiger partial charge in [-0.3, -0.25) is 9.59 Å². The number of hydrogen-bond donors (Lipinski definition) is 2. The van der Waals surface area contributed by atoms with Gasteiger partial charge < -0.3 is 15.2 Å². The summed E-state index contributed by atoms with van der Waals surface area (Å²) in [5.41, 5.74) is 1.89. The van der Waals surface area contributed by atoms with E-state index in [1.54, 1.807) is 13.0 Å². The van der Waals surface area contributed by atoms with E-state index in [1.807, 2.05) is 43.3 Å². The van der Waals surface area contributed by atoms with Crippen LogP contribution in [0.15, 0.2) is 42.5 Å². The van der Waals surface area contributed by atoms with Gasteiger partial charge in [-0.05, 0) is 32.3 Å². The molecule has 1 heterocycles. The van der Waals surface area contributed by atoms with Crippen molar-refractivity contribution in [3.63, 3.8) is 0 Å². The van der Waals surface area contributed by atoms with E-state index in [0.717, 1.165) is 16.0 Å². The van der Waals surface area contributed by atoms with Crippen LogP contribution in [0, 0.1) is 18.8 Å². The minimum absolute atomic E-state index is 0.212. The second-order valence-corrected chi connectivity index (χ2v) is 8.03. The van der Waals surface area contributed by atoms with Crippen LogP contribution in [0.5, 0.6) is 0 Å². The number of esters is 1. The molecule has 0 unspecified atom stereocenters. The summed E-state index contributed by atoms with van der Waals surface area (Å²) in [6, 6.07) is 9.45. The number of aryl methyl sites for hydroxylation is 1. The van der Waals surface area contributed by atoms with Gasteiger partial charge in [0.1, 0.15) is 10.6 Å². The number of hydrogen-bond acceptors (Lipinski definition) is 5. The Bertz CT molecular complexity index is 948. The molecule has 29 heavy (non-hydrogen) atoms. The first kappa shape index (κ1) is 20.8. The number of carboxylic acids is 1. The van der Waals surface area contributed by atoms with Crippen molar-refractivity contribution in [1.82, 2.24) is 0 Å². The van der Waals surface area contributed by atoms with Gasteiger partial charge in [-0.15, -0.1) is 11.3 Å². The van der Waals surface area contributed by atoms with Crippen LogP contribution < -0.4 is 5.32 Å². The molecular formula is C22H23NO5S. The second kappa shape index (κ2) is 9.05. The van der Waals surface area contributed by atoms with Crippen LogP contribution in [-0.2, 0) is 14.3 Å². The molecule has 0 aliphatic heterocycles. The van der Waals surface area contributed by atoms with Crippen molar-refractivity contribution in [2.24, 2.45) is 11.8 Å². The second-order valence-electron chi connectivity index (χ2n) is 6.81. The highest BCUT2D eigenvalue weighted by Crippen LogP contribution is 2.41. The van der Waals surface area contributed by atoms with Crippen molar-refractivity contribution in [2.75, 3.05) is 11.9 Å². The van der Waals surface area contributed by atoms with Gasteiger partial charge in [-0.1, -0.05) is 42.5 Å². The van der Waals surface area contributed by atoms with Crippen molar-refractivity contribution in [3.8, 4) is 11.1 Å². The lowest BCUT2D eigenvalue weighted by molar-refractivity contribution is -0.146. The number of rotatable bonds is 6. The molecular weight excluding hydrogens is 390 g/mol. The standard InChI is InChI=1S/C22H23NO5S/c1-3-28-22(27)18-17(14-9-5-4-6-10-14)13(2)29-20(18)23-19(24)15-11-7-8-12-16(15)21(25)26/h4-10,15-16H,3,11-12H2,1-2H3,(H,23,24)(H,25,26)/t15-,16+/m1/s1. The van der Waals surface area contributed by atoms with E-state index < -0.39 is 29.7 Å². The maximum atomic E-state index is 12.9. The van der Waals surface area contributed by atoms with Gasteiger partial charge in [0.2, 0.25) is 5.91 Å². The van der Waals surface area contributed by atoms with Gasteiger partial charge in [0.05, 0.1) is 18.4 Å². The number of carboxylic acid groups (broad SMARTS) is 1. The normalized spacial score (nSPS) is 18.3. The maximum Gasteiger partial charge on any atom is 0.341 e. The third-order valence-electron chi connectivity index (χ3n) is 4.95. The molecule has 2 atom stereocenters. The summed E-state index contributed by atoms with van der Waals surface area (Å²) in [5.74, 6) is -3.36. The number of amides is 1. The zero-order valence-electron chi connectivity index (χ0n) is 16.3. The first-order valence-electron chi connectivity index (χ1n) is 9.48. The molecule has 0 radical (unpaired) electrons. The Morgan fingerprint density at radius 2 is 1.79 bits per heavy atom. The SMILES string of the molecule is CCOC(=O)c1c(NC(=O)[C@@H]2CC=CC[C@@H]2C(=O)O)sc(C)c1-c1ccccc1. The quantitative estimate of drug-likeness (QED) is 0.537. The number of ether oxygens (including phenoxy) is 1. The number of carbonyl (C=O) groups excluding carboxylic acids is 2. The van der Waals surface area contributed by atoms with E-state index in [9.17, 15) is 19.5 Å². The zero-order valence-corrected chi connectivity index (χ0v) is 17.1. The molecule has 0 saturated heterocycles. The number of thiophene rings is 1. The lowest BCUT2D eigenvalue weighted by atomic mass is 9.82. The molecule has 1 aliphatic carbocycles. The van der Waals surface area contributed by atoms with E-state index >= 15 is 0 Å². The highest BCUT2D eigenvalue weighted by molar-refractivity contribution is 7.17. The molecule has 1 aromatic heterocycles. The highest BCUT2D eigenvalue weighted by atomic mass is 32.1. The Labute approximate surface area is 173 Å². The Hall–Kier alpha value is -2.93. The summed E-state index contributed by atoms with van der Waals surface area (Å²) >= 11 is 1.29. The van der Waals surface area contributed by atoms with E-state index in [4.69, 9.17) is 4.74 Å². The van der Waals surface area contributed by atoms with Crippen molar-refractivity contribution >= 4 is 34.2 Å². The molecule has 0 bridgehead atoms. The maximum absolute atomic E-state index is 12.9. The highest BCUT2D eigenvalue weighted by Gasteiger charge is 2.35. The molecule has 2 aromatic rings. The van der Waals surface area contributed by atoms with E-state index in [0.29, 0.717) is 23.4 Å². The van der Waals surface area contributed by atoms with Crippen LogP contribution in [0.1, 0.15) is 35.0 Å². The fraction of sp³-hybridized carbons (Fsp3) is 0.318. The first-order valence-corrected chi connectivity index (χ1v) is 10.3. The van der Waals surface area contributed by atoms with Gasteiger partial charge in [-0.25, -0.2) is 4.79 Å². The Balaban J connectivity index is 1.99. The Kier molecular flexibility index (Phi) is 6.49. The molecule has 152 valence electrons. The fourth-order valence-electron chi connectivity index (χ4n) is 3.56. The van der Waals surface area contributed by atoms with Gasteiger partial charge in [0, 0.05) is 10.4 Å². The summed E-state index contributed by atoms with van der Waals surface area (Å²) in [7, 11) is 0. The fourth-order valence-corrected chi connectivity index (χ4v) is 4.63. The lowest BCUT2D eigenvalue weighted by Crippen LogP contribution is -2.34. The minimum atomic E-state index is -0.993. The Morgan fingerprint density at radius 1 is 1.14 bits per heavy atom. The van der Waals surface area contributed by atoms with Crippen LogP contribution in [0.3, 0.4) is 0 Å².